The minimum atomic E-state index is 0.183. The lowest BCUT2D eigenvalue weighted by Crippen LogP contribution is -2.25. The van der Waals surface area contributed by atoms with E-state index in [1.807, 2.05) is 16.8 Å². The molecule has 1 N–H and O–H groups in total. The molecule has 0 aromatic rings. The van der Waals surface area contributed by atoms with Gasteiger partial charge in [-0.15, -0.1) is 0 Å². The second kappa shape index (κ2) is 4.21. The first-order valence-electron chi connectivity index (χ1n) is 3.79. The molecule has 0 aliphatic carbocycles. The molecule has 0 spiro atoms. The van der Waals surface area contributed by atoms with Crippen LogP contribution in [0.3, 0.4) is 0 Å². The van der Waals surface area contributed by atoms with E-state index < -0.39 is 0 Å². The third-order valence-corrected chi connectivity index (χ3v) is 2.73. The van der Waals surface area contributed by atoms with Gasteiger partial charge in [0.15, 0.2) is 0 Å². The fourth-order valence-corrected chi connectivity index (χ4v) is 1.55. The molecule has 0 aromatic heterocycles. The number of aliphatic hydroxyl groups excluding tert-OH is 1. The molecule has 3 nitrogen and oxygen atoms in total. The van der Waals surface area contributed by atoms with Crippen LogP contribution in [0.2, 0.25) is 0 Å². The van der Waals surface area contributed by atoms with E-state index in [-0.39, 0.29) is 6.61 Å². The normalized spacial score (nSPS) is 18.0. The molecule has 1 rings (SSSR count). The summed E-state index contributed by atoms with van der Waals surface area (Å²) in [4.78, 5) is 3.79. The standard InChI is InChI=1S/C7H12Cl2N2O/c1-10-5-11(3-2-4-12)7(9)6(10)8/h12H,2-5H2,1H3. The van der Waals surface area contributed by atoms with Crippen LogP contribution in [0.4, 0.5) is 0 Å². The second-order valence-corrected chi connectivity index (χ2v) is 3.48. The average Bonchev–Trinajstić information content (AvgIpc) is 2.30. The molecule has 1 aliphatic heterocycles. The highest BCUT2D eigenvalue weighted by Gasteiger charge is 2.22. The smallest absolute Gasteiger partial charge is 0.141 e. The van der Waals surface area contributed by atoms with E-state index in [9.17, 15) is 0 Å². The fourth-order valence-electron chi connectivity index (χ4n) is 1.10. The molecule has 12 heavy (non-hydrogen) atoms. The van der Waals surface area contributed by atoms with Gasteiger partial charge >= 0.3 is 0 Å². The summed E-state index contributed by atoms with van der Waals surface area (Å²) in [7, 11) is 1.88. The minimum absolute atomic E-state index is 0.183. The molecular weight excluding hydrogens is 199 g/mol. The Morgan fingerprint density at radius 2 is 2.08 bits per heavy atom. The summed E-state index contributed by atoms with van der Waals surface area (Å²) >= 11 is 11.8. The van der Waals surface area contributed by atoms with Gasteiger partial charge in [0.1, 0.15) is 10.3 Å². The highest BCUT2D eigenvalue weighted by atomic mass is 35.5. The summed E-state index contributed by atoms with van der Waals surface area (Å²) < 4.78 is 0. The summed E-state index contributed by atoms with van der Waals surface area (Å²) in [5.41, 5.74) is 0. The van der Waals surface area contributed by atoms with Crippen LogP contribution in [-0.2, 0) is 0 Å². The van der Waals surface area contributed by atoms with Crippen molar-refractivity contribution in [3.63, 3.8) is 0 Å². The van der Waals surface area contributed by atoms with Crippen molar-refractivity contribution in [2.75, 3.05) is 26.9 Å². The van der Waals surface area contributed by atoms with Crippen molar-refractivity contribution in [1.29, 1.82) is 0 Å². The molecule has 1 heterocycles. The Morgan fingerprint density at radius 1 is 1.42 bits per heavy atom. The van der Waals surface area contributed by atoms with Gasteiger partial charge in [-0.25, -0.2) is 0 Å². The quantitative estimate of drug-likeness (QED) is 0.710. The van der Waals surface area contributed by atoms with Gasteiger partial charge in [-0.05, 0) is 6.42 Å². The van der Waals surface area contributed by atoms with Crippen LogP contribution in [0.1, 0.15) is 6.42 Å². The van der Waals surface area contributed by atoms with Crippen molar-refractivity contribution in [2.45, 2.75) is 6.42 Å². The van der Waals surface area contributed by atoms with Crippen molar-refractivity contribution >= 4 is 23.2 Å². The molecule has 0 unspecified atom stereocenters. The maximum absolute atomic E-state index is 8.61. The topological polar surface area (TPSA) is 26.7 Å². The molecule has 5 heteroatoms. The Morgan fingerprint density at radius 3 is 2.50 bits per heavy atom. The van der Waals surface area contributed by atoms with Crippen LogP contribution >= 0.6 is 23.2 Å². The van der Waals surface area contributed by atoms with Gasteiger partial charge in [-0.1, -0.05) is 23.2 Å². The van der Waals surface area contributed by atoms with Gasteiger partial charge in [-0.3, -0.25) is 0 Å². The van der Waals surface area contributed by atoms with E-state index in [1.165, 1.54) is 0 Å². The van der Waals surface area contributed by atoms with Gasteiger partial charge in [0.05, 0.1) is 6.67 Å². The Labute approximate surface area is 82.2 Å². The highest BCUT2D eigenvalue weighted by molar-refractivity contribution is 6.38. The first-order chi connectivity index (χ1) is 5.66. The third kappa shape index (κ3) is 1.97. The molecule has 0 saturated heterocycles. The maximum Gasteiger partial charge on any atom is 0.141 e. The summed E-state index contributed by atoms with van der Waals surface area (Å²) in [6, 6.07) is 0. The van der Waals surface area contributed by atoms with E-state index in [2.05, 4.69) is 0 Å². The van der Waals surface area contributed by atoms with Crippen molar-refractivity contribution in [1.82, 2.24) is 9.80 Å². The fraction of sp³-hybridized carbons (Fsp3) is 0.714. The summed E-state index contributed by atoms with van der Waals surface area (Å²) in [5.74, 6) is 0. The zero-order valence-corrected chi connectivity index (χ0v) is 8.44. The van der Waals surface area contributed by atoms with Crippen LogP contribution < -0.4 is 0 Å². The van der Waals surface area contributed by atoms with E-state index in [4.69, 9.17) is 28.3 Å². The molecule has 1 aliphatic rings. The molecule has 0 bridgehead atoms. The van der Waals surface area contributed by atoms with Crippen LogP contribution in [0.15, 0.2) is 10.3 Å². The second-order valence-electron chi connectivity index (χ2n) is 2.76. The zero-order chi connectivity index (χ0) is 9.14. The molecule has 0 atom stereocenters. The third-order valence-electron chi connectivity index (χ3n) is 1.75. The number of hydrogen-bond donors (Lipinski definition) is 1. The van der Waals surface area contributed by atoms with Crippen molar-refractivity contribution < 1.29 is 5.11 Å². The molecule has 0 radical (unpaired) electrons. The first-order valence-corrected chi connectivity index (χ1v) is 4.54. The largest absolute Gasteiger partial charge is 0.396 e. The number of halogens is 2. The Kier molecular flexibility index (Phi) is 3.50. The maximum atomic E-state index is 8.61. The van der Waals surface area contributed by atoms with E-state index in [0.717, 1.165) is 6.54 Å². The SMILES string of the molecule is CN1CN(CCCO)C(Cl)=C1Cl. The molecule has 0 amide bonds. The van der Waals surface area contributed by atoms with Gasteiger partial charge in [0, 0.05) is 20.2 Å². The molecular formula is C7H12Cl2N2O. The zero-order valence-electron chi connectivity index (χ0n) is 6.93. The van der Waals surface area contributed by atoms with Crippen molar-refractivity contribution in [3.8, 4) is 0 Å². The number of aliphatic hydroxyl groups is 1. The Balaban J connectivity index is 2.49. The van der Waals surface area contributed by atoms with E-state index in [1.54, 1.807) is 0 Å². The molecule has 0 saturated carbocycles. The predicted octanol–water partition coefficient (Wildman–Crippen LogP) is 1.18. The lowest BCUT2D eigenvalue weighted by Gasteiger charge is -2.18. The highest BCUT2D eigenvalue weighted by Crippen LogP contribution is 2.27. The number of hydrogen-bond acceptors (Lipinski definition) is 3. The monoisotopic (exact) mass is 210 g/mol. The van der Waals surface area contributed by atoms with E-state index >= 15 is 0 Å². The minimum Gasteiger partial charge on any atom is -0.396 e. The van der Waals surface area contributed by atoms with Crippen LogP contribution in [0.25, 0.3) is 0 Å². The van der Waals surface area contributed by atoms with Crippen molar-refractivity contribution in [3.05, 3.63) is 10.3 Å². The summed E-state index contributed by atoms with van der Waals surface area (Å²) in [5, 5.41) is 9.77. The molecule has 0 fully saturated rings. The average molecular weight is 211 g/mol. The molecule has 70 valence electrons. The number of nitrogens with zero attached hydrogens (tertiary/aromatic N) is 2. The van der Waals surface area contributed by atoms with Gasteiger partial charge in [0.25, 0.3) is 0 Å². The van der Waals surface area contributed by atoms with Crippen molar-refractivity contribution in [2.24, 2.45) is 0 Å². The Hall–Kier alpha value is -0.120. The van der Waals surface area contributed by atoms with Crippen LogP contribution in [0.5, 0.6) is 0 Å². The lowest BCUT2D eigenvalue weighted by atomic mass is 10.4. The number of rotatable bonds is 3. The van der Waals surface area contributed by atoms with Gasteiger partial charge in [0.2, 0.25) is 0 Å². The van der Waals surface area contributed by atoms with Crippen LogP contribution in [-0.4, -0.2) is 41.8 Å². The summed E-state index contributed by atoms with van der Waals surface area (Å²) in [6.07, 6.45) is 0.716. The summed E-state index contributed by atoms with van der Waals surface area (Å²) in [6.45, 7) is 1.63. The lowest BCUT2D eigenvalue weighted by molar-refractivity contribution is 0.238. The molecule has 0 aromatic carbocycles. The van der Waals surface area contributed by atoms with Crippen LogP contribution in [0, 0.1) is 0 Å². The Bertz CT molecular complexity index is 196. The predicted molar refractivity (Wildman–Crippen MR) is 49.8 cm³/mol. The van der Waals surface area contributed by atoms with Gasteiger partial charge < -0.3 is 14.9 Å². The van der Waals surface area contributed by atoms with Gasteiger partial charge in [-0.2, -0.15) is 0 Å². The first kappa shape index (κ1) is 9.96. The van der Waals surface area contributed by atoms with E-state index in [0.29, 0.717) is 23.4 Å².